The predicted molar refractivity (Wildman–Crippen MR) is 63.6 cm³/mol. The summed E-state index contributed by atoms with van der Waals surface area (Å²) in [6.07, 6.45) is 0. The number of hydrogen-bond acceptors (Lipinski definition) is 6. The number of ether oxygens (including phenoxy) is 1. The number of benzene rings is 1. The molecule has 0 aliphatic heterocycles. The van der Waals surface area contributed by atoms with Crippen molar-refractivity contribution in [1.82, 2.24) is 10.3 Å². The first-order valence-corrected chi connectivity index (χ1v) is 5.16. The molecule has 94 valence electrons. The Morgan fingerprint density at radius 2 is 2.33 bits per heavy atom. The van der Waals surface area contributed by atoms with Crippen LogP contribution in [-0.4, -0.2) is 28.4 Å². The van der Waals surface area contributed by atoms with Crippen molar-refractivity contribution < 1.29 is 14.5 Å². The molecule has 2 aromatic rings. The van der Waals surface area contributed by atoms with Crippen molar-refractivity contribution in [3.63, 3.8) is 0 Å². The molecule has 0 bridgehead atoms. The molecule has 0 radical (unpaired) electrons. The van der Waals surface area contributed by atoms with E-state index in [1.807, 2.05) is 18.2 Å². The van der Waals surface area contributed by atoms with E-state index in [0.29, 0.717) is 12.3 Å². The lowest BCUT2D eigenvalue weighted by molar-refractivity contribution is 0.185. The zero-order valence-electron chi connectivity index (χ0n) is 9.67. The number of hydrogen-bond donors (Lipinski definition) is 3. The van der Waals surface area contributed by atoms with Gasteiger partial charge in [0.2, 0.25) is 5.69 Å². The van der Waals surface area contributed by atoms with Crippen LogP contribution in [0.15, 0.2) is 28.9 Å². The summed E-state index contributed by atoms with van der Waals surface area (Å²) in [5.41, 5.74) is 1.63. The third-order valence-electron chi connectivity index (χ3n) is 2.22. The van der Waals surface area contributed by atoms with E-state index in [4.69, 9.17) is 10.1 Å². The third kappa shape index (κ3) is 2.64. The van der Waals surface area contributed by atoms with Crippen LogP contribution in [0.1, 0.15) is 11.3 Å². The zero-order chi connectivity index (χ0) is 13.0. The zero-order valence-corrected chi connectivity index (χ0v) is 9.67. The van der Waals surface area contributed by atoms with Crippen LogP contribution < -0.4 is 5.32 Å². The molecule has 0 saturated carbocycles. The minimum Gasteiger partial charge on any atom is -0.489 e. The summed E-state index contributed by atoms with van der Waals surface area (Å²) in [4.78, 5) is 0. The first kappa shape index (κ1) is 12.1. The second-order valence-electron chi connectivity index (χ2n) is 3.57. The monoisotopic (exact) mass is 248 g/mol. The van der Waals surface area contributed by atoms with Crippen molar-refractivity contribution in [2.45, 2.75) is 6.61 Å². The van der Waals surface area contributed by atoms with Crippen LogP contribution in [0.2, 0.25) is 0 Å². The lowest BCUT2D eigenvalue weighted by atomic mass is 10.2. The van der Waals surface area contributed by atoms with Gasteiger partial charge in [0.15, 0.2) is 5.84 Å². The molecule has 0 aliphatic rings. The van der Waals surface area contributed by atoms with Gasteiger partial charge in [-0.3, -0.25) is 5.41 Å². The summed E-state index contributed by atoms with van der Waals surface area (Å²) in [6, 6.07) is 7.37. The number of methoxy groups -OCH3 is 1. The minimum atomic E-state index is -0.416. The Morgan fingerprint density at radius 1 is 1.50 bits per heavy atom. The van der Waals surface area contributed by atoms with Crippen molar-refractivity contribution in [3.8, 4) is 5.88 Å². The largest absolute Gasteiger partial charge is 0.489 e. The molecule has 0 saturated heterocycles. The normalized spacial score (nSPS) is 10.3. The quantitative estimate of drug-likeness (QED) is 0.557. The van der Waals surface area contributed by atoms with E-state index < -0.39 is 5.88 Å². The fraction of sp³-hybridized carbons (Fsp3) is 0.182. The highest BCUT2D eigenvalue weighted by Crippen LogP contribution is 2.15. The van der Waals surface area contributed by atoms with Gasteiger partial charge in [-0.1, -0.05) is 12.1 Å². The second-order valence-corrected chi connectivity index (χ2v) is 3.57. The van der Waals surface area contributed by atoms with E-state index in [0.717, 1.165) is 5.56 Å². The number of nitrogens with one attached hydrogen (secondary N) is 2. The van der Waals surface area contributed by atoms with Crippen molar-refractivity contribution in [1.29, 1.82) is 5.41 Å². The molecule has 7 heteroatoms. The maximum atomic E-state index is 9.27. The van der Waals surface area contributed by atoms with E-state index in [1.165, 1.54) is 0 Å². The van der Waals surface area contributed by atoms with Crippen LogP contribution in [0.3, 0.4) is 0 Å². The first-order valence-electron chi connectivity index (χ1n) is 5.16. The number of aromatic nitrogens is 2. The van der Waals surface area contributed by atoms with Gasteiger partial charge in [-0.05, 0) is 28.0 Å². The van der Waals surface area contributed by atoms with Crippen LogP contribution in [0.4, 0.5) is 5.69 Å². The molecule has 0 unspecified atom stereocenters. The predicted octanol–water partition coefficient (Wildman–Crippen LogP) is 1.36. The molecule has 0 aliphatic carbocycles. The number of nitrogens with zero attached hydrogens (tertiary/aromatic N) is 2. The van der Waals surface area contributed by atoms with E-state index in [1.54, 1.807) is 13.2 Å². The lowest BCUT2D eigenvalue weighted by Gasteiger charge is -2.07. The van der Waals surface area contributed by atoms with Gasteiger partial charge in [0, 0.05) is 12.8 Å². The maximum absolute atomic E-state index is 9.27. The highest BCUT2D eigenvalue weighted by atomic mass is 16.6. The lowest BCUT2D eigenvalue weighted by Crippen LogP contribution is -2.12. The summed E-state index contributed by atoms with van der Waals surface area (Å²) in [7, 11) is 1.61. The van der Waals surface area contributed by atoms with Crippen molar-refractivity contribution in [2.75, 3.05) is 12.4 Å². The Labute approximate surface area is 103 Å². The SMILES string of the molecule is COCc1cccc(NC(=N)c2nonc2O)c1. The maximum Gasteiger partial charge on any atom is 0.284 e. The molecule has 1 heterocycles. The Balaban J connectivity index is 2.12. The van der Waals surface area contributed by atoms with Gasteiger partial charge < -0.3 is 15.2 Å². The average molecular weight is 248 g/mol. The van der Waals surface area contributed by atoms with E-state index in [-0.39, 0.29) is 11.5 Å². The topological polar surface area (TPSA) is 104 Å². The van der Waals surface area contributed by atoms with Gasteiger partial charge in [0.25, 0.3) is 5.88 Å². The number of anilines is 1. The van der Waals surface area contributed by atoms with Gasteiger partial charge in [0.1, 0.15) is 0 Å². The second kappa shape index (κ2) is 5.28. The Morgan fingerprint density at radius 3 is 3.00 bits per heavy atom. The van der Waals surface area contributed by atoms with Gasteiger partial charge >= 0.3 is 0 Å². The molecular formula is C11H12N4O3. The van der Waals surface area contributed by atoms with E-state index in [2.05, 4.69) is 20.3 Å². The van der Waals surface area contributed by atoms with Crippen LogP contribution in [0.25, 0.3) is 0 Å². The summed E-state index contributed by atoms with van der Waals surface area (Å²) in [6.45, 7) is 0.486. The summed E-state index contributed by atoms with van der Waals surface area (Å²) < 4.78 is 9.34. The molecule has 3 N–H and O–H groups in total. The van der Waals surface area contributed by atoms with E-state index in [9.17, 15) is 5.11 Å². The Hall–Kier alpha value is -2.41. The van der Waals surface area contributed by atoms with Gasteiger partial charge in [-0.25, -0.2) is 4.63 Å². The highest BCUT2D eigenvalue weighted by molar-refractivity contribution is 6.05. The Kier molecular flexibility index (Phi) is 3.54. The summed E-state index contributed by atoms with van der Waals surface area (Å²) >= 11 is 0. The third-order valence-corrected chi connectivity index (χ3v) is 2.22. The number of amidine groups is 1. The van der Waals surface area contributed by atoms with Crippen LogP contribution in [0.5, 0.6) is 5.88 Å². The van der Waals surface area contributed by atoms with Gasteiger partial charge in [0.05, 0.1) is 6.61 Å². The molecule has 0 fully saturated rings. The number of rotatable bonds is 4. The highest BCUT2D eigenvalue weighted by Gasteiger charge is 2.14. The molecular weight excluding hydrogens is 236 g/mol. The van der Waals surface area contributed by atoms with Crippen molar-refractivity contribution >= 4 is 11.5 Å². The van der Waals surface area contributed by atoms with Crippen LogP contribution in [0, 0.1) is 5.41 Å². The standard InChI is InChI=1S/C11H12N4O3/c1-17-6-7-3-2-4-8(5-7)13-10(12)9-11(16)15-18-14-9/h2-5H,6H2,1H3,(H2,12,13)(H,15,16). The number of aromatic hydroxyl groups is 1. The first-order chi connectivity index (χ1) is 8.70. The van der Waals surface area contributed by atoms with Gasteiger partial charge in [-0.2, -0.15) is 0 Å². The van der Waals surface area contributed by atoms with Crippen LogP contribution in [-0.2, 0) is 11.3 Å². The molecule has 7 nitrogen and oxygen atoms in total. The van der Waals surface area contributed by atoms with E-state index >= 15 is 0 Å². The molecule has 2 rings (SSSR count). The van der Waals surface area contributed by atoms with Crippen molar-refractivity contribution in [3.05, 3.63) is 35.5 Å². The molecule has 18 heavy (non-hydrogen) atoms. The fourth-order valence-electron chi connectivity index (χ4n) is 1.45. The molecule has 0 spiro atoms. The van der Waals surface area contributed by atoms with Gasteiger partial charge in [-0.15, -0.1) is 0 Å². The summed E-state index contributed by atoms with van der Waals surface area (Å²) in [5, 5.41) is 26.4. The summed E-state index contributed by atoms with van der Waals surface area (Å²) in [5.74, 6) is -0.510. The minimum absolute atomic E-state index is 0.0351. The van der Waals surface area contributed by atoms with Crippen molar-refractivity contribution in [2.24, 2.45) is 0 Å². The Bertz CT molecular complexity index is 553. The molecule has 1 aromatic heterocycles. The fourth-order valence-corrected chi connectivity index (χ4v) is 1.45. The molecule has 1 aromatic carbocycles. The van der Waals surface area contributed by atoms with Crippen LogP contribution >= 0.6 is 0 Å². The molecule has 0 atom stereocenters. The average Bonchev–Trinajstić information content (AvgIpc) is 2.76. The molecule has 0 amide bonds. The smallest absolute Gasteiger partial charge is 0.284 e.